The maximum atomic E-state index is 13.9. The summed E-state index contributed by atoms with van der Waals surface area (Å²) in [7, 11) is 0. The van der Waals surface area contributed by atoms with Gasteiger partial charge in [-0.2, -0.15) is 0 Å². The highest BCUT2D eigenvalue weighted by molar-refractivity contribution is 5.78. The van der Waals surface area contributed by atoms with Crippen LogP contribution in [0.3, 0.4) is 0 Å². The number of allylic oxidation sites excluding steroid dienone is 4. The van der Waals surface area contributed by atoms with Crippen LogP contribution >= 0.6 is 0 Å². The topological polar surface area (TPSA) is 94.5 Å². The van der Waals surface area contributed by atoms with Gasteiger partial charge in [0.15, 0.2) is 5.79 Å². The fourth-order valence-corrected chi connectivity index (χ4v) is 7.23. The molecule has 5 aliphatic rings. The molecule has 0 radical (unpaired) electrons. The average Bonchev–Trinajstić information content (AvgIpc) is 3.23. The predicted molar refractivity (Wildman–Crippen MR) is 148 cm³/mol. The minimum absolute atomic E-state index is 0.104. The lowest BCUT2D eigenvalue weighted by atomic mass is 9.71. The summed E-state index contributed by atoms with van der Waals surface area (Å²) < 4.78 is 25.4. The number of hydrogen-bond acceptors (Lipinski definition) is 7. The van der Waals surface area contributed by atoms with Crippen LogP contribution in [0.15, 0.2) is 47.1 Å². The Labute approximate surface area is 232 Å². The van der Waals surface area contributed by atoms with E-state index in [-0.39, 0.29) is 18.8 Å². The van der Waals surface area contributed by atoms with Gasteiger partial charge >= 0.3 is 5.97 Å². The number of hydrogen-bond donors (Lipinski definition) is 2. The summed E-state index contributed by atoms with van der Waals surface area (Å²) >= 11 is 0. The fourth-order valence-electron chi connectivity index (χ4n) is 7.23. The molecule has 0 aromatic rings. The zero-order valence-electron chi connectivity index (χ0n) is 24.1. The standard InChI is InChI=1S/C32H46O7/c1-6-27-21(4)12-13-31(39-27)17-25-16-24(38-31)11-10-20(3)14-19(2)8-7-9-23-18-36-29-28(33)22(5)15-26(30(34)37-25)32(23,29)35/h7-10,15,19,21,24-29,33,35H,6,11-14,16-18H2,1-5H3/t19-,21-,24+,25-,26-,27+,28+,29+,31+,32+/m0/s1. The van der Waals surface area contributed by atoms with Gasteiger partial charge in [0.2, 0.25) is 0 Å². The molecule has 216 valence electrons. The first-order chi connectivity index (χ1) is 18.5. The van der Waals surface area contributed by atoms with E-state index in [9.17, 15) is 15.0 Å². The Bertz CT molecular complexity index is 1060. The highest BCUT2D eigenvalue weighted by Crippen LogP contribution is 2.47. The molecule has 1 spiro atoms. The summed E-state index contributed by atoms with van der Waals surface area (Å²) in [5.41, 5.74) is 0.788. The molecule has 0 unspecified atom stereocenters. The Hall–Kier alpha value is -1.77. The van der Waals surface area contributed by atoms with Gasteiger partial charge in [-0.1, -0.05) is 56.7 Å². The smallest absolute Gasteiger partial charge is 0.316 e. The first-order valence-corrected chi connectivity index (χ1v) is 14.8. The van der Waals surface area contributed by atoms with Crippen molar-refractivity contribution >= 4 is 5.97 Å². The summed E-state index contributed by atoms with van der Waals surface area (Å²) in [4.78, 5) is 13.9. The van der Waals surface area contributed by atoms with Crippen LogP contribution in [0.5, 0.6) is 0 Å². The molecule has 5 rings (SSSR count). The van der Waals surface area contributed by atoms with Gasteiger partial charge in [-0.05, 0) is 62.5 Å². The zero-order chi connectivity index (χ0) is 27.9. The Kier molecular flexibility index (Phi) is 8.29. The van der Waals surface area contributed by atoms with Crippen LogP contribution in [0, 0.1) is 17.8 Å². The minimum atomic E-state index is -1.68. The molecule has 1 aliphatic carbocycles. The van der Waals surface area contributed by atoms with Crippen molar-refractivity contribution in [1.82, 2.24) is 0 Å². The van der Waals surface area contributed by atoms with E-state index in [1.54, 1.807) is 13.0 Å². The normalized spacial score (nSPS) is 45.2. The molecule has 39 heavy (non-hydrogen) atoms. The van der Waals surface area contributed by atoms with Crippen LogP contribution in [-0.2, 0) is 23.7 Å². The molecular weight excluding hydrogens is 496 g/mol. The second-order valence-corrected chi connectivity index (χ2v) is 12.7. The van der Waals surface area contributed by atoms with Gasteiger partial charge in [0, 0.05) is 19.3 Å². The lowest BCUT2D eigenvalue weighted by Crippen LogP contribution is -2.58. The van der Waals surface area contributed by atoms with Crippen LogP contribution < -0.4 is 0 Å². The van der Waals surface area contributed by atoms with E-state index < -0.39 is 41.6 Å². The first-order valence-electron chi connectivity index (χ1n) is 14.8. The van der Waals surface area contributed by atoms with Crippen molar-refractivity contribution in [3.05, 3.63) is 47.1 Å². The number of esters is 1. The molecule has 0 saturated carbocycles. The molecule has 4 aliphatic heterocycles. The number of carbonyl (C=O) groups is 1. The van der Waals surface area contributed by atoms with Gasteiger partial charge in [-0.15, -0.1) is 0 Å². The molecule has 4 heterocycles. The van der Waals surface area contributed by atoms with Gasteiger partial charge in [0.25, 0.3) is 0 Å². The maximum absolute atomic E-state index is 13.9. The summed E-state index contributed by atoms with van der Waals surface area (Å²) in [6.45, 7) is 10.6. The van der Waals surface area contributed by atoms with Gasteiger partial charge in [0.1, 0.15) is 29.8 Å². The van der Waals surface area contributed by atoms with Crippen molar-refractivity contribution in [3.63, 3.8) is 0 Å². The molecule has 7 heteroatoms. The SMILES string of the molecule is CC[C@H]1O[C@]2(CC[C@@H]1C)C[C@@H]1C[C@@H](CC=C(C)C[C@@H](C)C=CC=C3CO[C@@H]4[C@H](O)C(C)=C[C@@H](C(=O)O1)[C@]34O)O2. The molecule has 3 saturated heterocycles. The van der Waals surface area contributed by atoms with E-state index in [1.807, 2.05) is 12.2 Å². The van der Waals surface area contributed by atoms with Crippen LogP contribution in [0.2, 0.25) is 0 Å². The molecule has 7 nitrogen and oxygen atoms in total. The Morgan fingerprint density at radius 2 is 1.95 bits per heavy atom. The number of rotatable bonds is 1. The maximum Gasteiger partial charge on any atom is 0.316 e. The Balaban J connectivity index is 1.51. The van der Waals surface area contributed by atoms with Crippen LogP contribution in [-0.4, -0.2) is 64.7 Å². The largest absolute Gasteiger partial charge is 0.462 e. The zero-order valence-corrected chi connectivity index (χ0v) is 24.1. The molecule has 0 aromatic carbocycles. The lowest BCUT2D eigenvalue weighted by Gasteiger charge is -2.50. The van der Waals surface area contributed by atoms with Crippen LogP contribution in [0.1, 0.15) is 79.6 Å². The fraction of sp³-hybridized carbons (Fsp3) is 0.719. The molecule has 10 atom stereocenters. The van der Waals surface area contributed by atoms with E-state index in [0.29, 0.717) is 35.8 Å². The van der Waals surface area contributed by atoms with E-state index in [2.05, 4.69) is 39.8 Å². The van der Waals surface area contributed by atoms with Crippen molar-refractivity contribution in [2.24, 2.45) is 17.8 Å². The number of fused-ring (bicyclic) bond motifs is 2. The summed E-state index contributed by atoms with van der Waals surface area (Å²) in [5.74, 6) is -1.52. The summed E-state index contributed by atoms with van der Waals surface area (Å²) in [6, 6.07) is 0. The van der Waals surface area contributed by atoms with Crippen molar-refractivity contribution in [2.75, 3.05) is 6.61 Å². The molecule has 0 amide bonds. The van der Waals surface area contributed by atoms with Crippen LogP contribution in [0.4, 0.5) is 0 Å². The quantitative estimate of drug-likeness (QED) is 0.359. The summed E-state index contributed by atoms with van der Waals surface area (Å²) in [6.07, 6.45) is 12.8. The number of aliphatic hydroxyl groups is 2. The third-order valence-electron chi connectivity index (χ3n) is 9.50. The van der Waals surface area contributed by atoms with Gasteiger partial charge in [0.05, 0.1) is 18.8 Å². The number of carbonyl (C=O) groups excluding carboxylic acids is 1. The molecule has 0 aromatic heterocycles. The first kappa shape index (κ1) is 28.7. The molecular formula is C32H46O7. The Morgan fingerprint density at radius 1 is 1.15 bits per heavy atom. The number of ether oxygens (including phenoxy) is 4. The third-order valence-corrected chi connectivity index (χ3v) is 9.50. The minimum Gasteiger partial charge on any atom is -0.462 e. The van der Waals surface area contributed by atoms with E-state index in [1.165, 1.54) is 5.57 Å². The molecule has 2 N–H and O–H groups in total. The highest BCUT2D eigenvalue weighted by Gasteiger charge is 2.60. The Morgan fingerprint density at radius 3 is 2.72 bits per heavy atom. The van der Waals surface area contributed by atoms with Crippen molar-refractivity contribution in [3.8, 4) is 0 Å². The van der Waals surface area contributed by atoms with Crippen molar-refractivity contribution in [1.29, 1.82) is 0 Å². The molecule has 3 fully saturated rings. The monoisotopic (exact) mass is 542 g/mol. The number of aliphatic hydroxyl groups excluding tert-OH is 1. The van der Waals surface area contributed by atoms with Crippen LogP contribution in [0.25, 0.3) is 0 Å². The van der Waals surface area contributed by atoms with Crippen molar-refractivity contribution < 1.29 is 34.0 Å². The second-order valence-electron chi connectivity index (χ2n) is 12.7. The summed E-state index contributed by atoms with van der Waals surface area (Å²) in [5, 5.41) is 22.9. The van der Waals surface area contributed by atoms with E-state index >= 15 is 0 Å². The second kappa shape index (κ2) is 11.2. The van der Waals surface area contributed by atoms with E-state index in [0.717, 1.165) is 32.1 Å². The van der Waals surface area contributed by atoms with Gasteiger partial charge in [-0.25, -0.2) is 0 Å². The van der Waals surface area contributed by atoms with E-state index in [4.69, 9.17) is 18.9 Å². The molecule has 2 bridgehead atoms. The lowest BCUT2D eigenvalue weighted by molar-refractivity contribution is -0.335. The highest BCUT2D eigenvalue weighted by atomic mass is 16.7. The third kappa shape index (κ3) is 5.58. The van der Waals surface area contributed by atoms with Gasteiger partial charge < -0.3 is 29.2 Å². The van der Waals surface area contributed by atoms with Crippen molar-refractivity contribution in [2.45, 2.75) is 121 Å². The predicted octanol–water partition coefficient (Wildman–Crippen LogP) is 4.92. The van der Waals surface area contributed by atoms with Gasteiger partial charge in [-0.3, -0.25) is 4.79 Å². The average molecular weight is 543 g/mol.